The maximum absolute atomic E-state index is 12.9. The van der Waals surface area contributed by atoms with Gasteiger partial charge in [-0.15, -0.1) is 0 Å². The zero-order valence-corrected chi connectivity index (χ0v) is 17.6. The van der Waals surface area contributed by atoms with Crippen LogP contribution in [0, 0.1) is 12.8 Å². The zero-order valence-electron chi connectivity index (χ0n) is 17.6. The highest BCUT2D eigenvalue weighted by atomic mass is 16.5. The molecule has 2 aliphatic carbocycles. The number of H-pyrrole nitrogens is 1. The summed E-state index contributed by atoms with van der Waals surface area (Å²) in [5, 5.41) is 0. The smallest absolute Gasteiger partial charge is 0.355 e. The second-order valence-corrected chi connectivity index (χ2v) is 8.70. The number of aromatic amines is 1. The van der Waals surface area contributed by atoms with Gasteiger partial charge in [-0.05, 0) is 61.1 Å². The molecule has 1 saturated carbocycles. The third-order valence-electron chi connectivity index (χ3n) is 6.73. The highest BCUT2D eigenvalue weighted by molar-refractivity contribution is 6.03. The molecule has 4 nitrogen and oxygen atoms in total. The molecule has 1 aromatic heterocycles. The average molecular weight is 394 g/mol. The number of hydrogen-bond acceptors (Lipinski definition) is 3. The van der Waals surface area contributed by atoms with Gasteiger partial charge in [0.1, 0.15) is 5.69 Å². The van der Waals surface area contributed by atoms with E-state index in [0.717, 1.165) is 36.9 Å². The number of hydrogen-bond donors (Lipinski definition) is 1. The summed E-state index contributed by atoms with van der Waals surface area (Å²) in [5.41, 5.74) is 5.29. The minimum atomic E-state index is -0.320. The summed E-state index contributed by atoms with van der Waals surface area (Å²) in [5.74, 6) is 0.440. The Morgan fingerprint density at radius 1 is 1.10 bits per heavy atom. The number of ether oxygens (including phenoxy) is 1. The van der Waals surface area contributed by atoms with Gasteiger partial charge in [0.15, 0.2) is 5.78 Å². The normalized spacial score (nSPS) is 19.8. The third-order valence-corrected chi connectivity index (χ3v) is 6.73. The Hall–Kier alpha value is -2.36. The average Bonchev–Trinajstić information content (AvgIpc) is 3.10. The van der Waals surface area contributed by atoms with E-state index in [0.29, 0.717) is 30.2 Å². The Morgan fingerprint density at radius 3 is 2.52 bits per heavy atom. The van der Waals surface area contributed by atoms with Crippen molar-refractivity contribution in [3.63, 3.8) is 0 Å². The van der Waals surface area contributed by atoms with Crippen LogP contribution in [0.25, 0.3) is 0 Å². The van der Waals surface area contributed by atoms with Crippen molar-refractivity contribution in [3.05, 3.63) is 57.9 Å². The fraction of sp³-hybridized carbons (Fsp3) is 0.520. The Balaban J connectivity index is 1.49. The predicted molar refractivity (Wildman–Crippen MR) is 114 cm³/mol. The van der Waals surface area contributed by atoms with Crippen molar-refractivity contribution < 1.29 is 14.3 Å². The van der Waals surface area contributed by atoms with Crippen LogP contribution < -0.4 is 0 Å². The first kappa shape index (κ1) is 19.9. The quantitative estimate of drug-likeness (QED) is 0.679. The molecule has 0 spiro atoms. The Kier molecular flexibility index (Phi) is 5.89. The summed E-state index contributed by atoms with van der Waals surface area (Å²) < 4.78 is 5.62. The van der Waals surface area contributed by atoms with Gasteiger partial charge in [0.25, 0.3) is 0 Å². The number of Topliss-reactive ketones (excluding diaryl/α,β-unsaturated/α-hetero) is 1. The molecule has 1 N–H and O–H groups in total. The van der Waals surface area contributed by atoms with Gasteiger partial charge in [0, 0.05) is 17.7 Å². The molecule has 2 aromatic rings. The highest BCUT2D eigenvalue weighted by Crippen LogP contribution is 2.35. The number of benzene rings is 1. The summed E-state index contributed by atoms with van der Waals surface area (Å²) in [6.45, 7) is 4.49. The highest BCUT2D eigenvalue weighted by Gasteiger charge is 2.32. The molecule has 1 fully saturated rings. The number of carbonyl (C=O) groups is 2. The third kappa shape index (κ3) is 4.17. The molecule has 0 saturated heterocycles. The van der Waals surface area contributed by atoms with E-state index in [-0.39, 0.29) is 17.7 Å². The van der Waals surface area contributed by atoms with Gasteiger partial charge in [-0.25, -0.2) is 4.79 Å². The predicted octanol–water partition coefficient (Wildman–Crippen LogP) is 5.54. The van der Waals surface area contributed by atoms with Crippen molar-refractivity contribution in [1.29, 1.82) is 0 Å². The van der Waals surface area contributed by atoms with Gasteiger partial charge in [-0.1, -0.05) is 50.5 Å². The fourth-order valence-corrected chi connectivity index (χ4v) is 4.92. The van der Waals surface area contributed by atoms with Crippen LogP contribution in [0.1, 0.15) is 94.6 Å². The first-order valence-electron chi connectivity index (χ1n) is 11.1. The maximum Gasteiger partial charge on any atom is 0.355 e. The number of rotatable bonds is 5. The second-order valence-electron chi connectivity index (χ2n) is 8.70. The molecule has 1 atom stereocenters. The second kappa shape index (κ2) is 8.56. The van der Waals surface area contributed by atoms with Gasteiger partial charge >= 0.3 is 5.97 Å². The van der Waals surface area contributed by atoms with Crippen molar-refractivity contribution in [2.45, 2.75) is 71.1 Å². The number of aryl methyl sites for hydroxylation is 1. The van der Waals surface area contributed by atoms with E-state index in [4.69, 9.17) is 4.74 Å². The summed E-state index contributed by atoms with van der Waals surface area (Å²) >= 11 is 0. The van der Waals surface area contributed by atoms with Crippen LogP contribution in [0.3, 0.4) is 0 Å². The number of carbonyl (C=O) groups excluding carboxylic acids is 2. The van der Waals surface area contributed by atoms with Gasteiger partial charge in [-0.2, -0.15) is 0 Å². The lowest BCUT2D eigenvalue weighted by Crippen LogP contribution is -2.18. The lowest BCUT2D eigenvalue weighted by molar-refractivity contribution is 0.0403. The molecule has 1 aromatic carbocycles. The van der Waals surface area contributed by atoms with E-state index in [9.17, 15) is 9.59 Å². The SMILES string of the molecule is CCc1ccc([C@H]2CC(=O)c3c([nH]c(C(=O)OCC4CCCCC4)c3C)C2)cc1. The minimum absolute atomic E-state index is 0.121. The summed E-state index contributed by atoms with van der Waals surface area (Å²) in [6.07, 6.45) is 8.29. The molecule has 2 aliphatic rings. The van der Waals surface area contributed by atoms with E-state index in [1.807, 2.05) is 6.92 Å². The van der Waals surface area contributed by atoms with Gasteiger partial charge in [0.2, 0.25) is 0 Å². The van der Waals surface area contributed by atoms with Gasteiger partial charge < -0.3 is 9.72 Å². The minimum Gasteiger partial charge on any atom is -0.461 e. The topological polar surface area (TPSA) is 59.2 Å². The van der Waals surface area contributed by atoms with Crippen molar-refractivity contribution in [2.24, 2.45) is 5.92 Å². The monoisotopic (exact) mass is 393 g/mol. The summed E-state index contributed by atoms with van der Waals surface area (Å²) in [6, 6.07) is 8.56. The maximum atomic E-state index is 12.9. The summed E-state index contributed by atoms with van der Waals surface area (Å²) in [7, 11) is 0. The Bertz CT molecular complexity index is 888. The Morgan fingerprint density at radius 2 is 1.83 bits per heavy atom. The largest absolute Gasteiger partial charge is 0.461 e. The van der Waals surface area contributed by atoms with E-state index in [2.05, 4.69) is 36.2 Å². The van der Waals surface area contributed by atoms with E-state index in [1.165, 1.54) is 30.4 Å². The molecule has 0 unspecified atom stereocenters. The van der Waals surface area contributed by atoms with E-state index < -0.39 is 0 Å². The summed E-state index contributed by atoms with van der Waals surface area (Å²) in [4.78, 5) is 28.8. The number of esters is 1. The molecule has 154 valence electrons. The van der Waals surface area contributed by atoms with Crippen LogP contribution in [0.5, 0.6) is 0 Å². The lowest BCUT2D eigenvalue weighted by atomic mass is 9.81. The zero-order chi connectivity index (χ0) is 20.4. The standard InChI is InChI=1S/C25H31NO3/c1-3-17-9-11-19(12-10-17)20-13-21-23(22(27)14-20)16(2)24(26-21)25(28)29-15-18-7-5-4-6-8-18/h9-12,18,20,26H,3-8,13-15H2,1-2H3/t20-/m1/s1. The van der Waals surface area contributed by atoms with Crippen molar-refractivity contribution in [1.82, 2.24) is 4.98 Å². The van der Waals surface area contributed by atoms with Crippen LogP contribution >= 0.6 is 0 Å². The van der Waals surface area contributed by atoms with Crippen molar-refractivity contribution in [3.8, 4) is 0 Å². The number of ketones is 1. The number of fused-ring (bicyclic) bond motifs is 1. The first-order chi connectivity index (χ1) is 14.1. The van der Waals surface area contributed by atoms with E-state index >= 15 is 0 Å². The number of nitrogens with one attached hydrogen (secondary N) is 1. The van der Waals surface area contributed by atoms with Crippen LogP contribution in [-0.2, 0) is 17.6 Å². The molecular weight excluding hydrogens is 362 g/mol. The molecule has 0 amide bonds. The molecule has 0 aliphatic heterocycles. The first-order valence-corrected chi connectivity index (χ1v) is 11.1. The number of aromatic nitrogens is 1. The molecule has 0 radical (unpaired) electrons. The van der Waals surface area contributed by atoms with Crippen molar-refractivity contribution >= 4 is 11.8 Å². The molecule has 4 rings (SSSR count). The van der Waals surface area contributed by atoms with Crippen LogP contribution in [0.4, 0.5) is 0 Å². The molecule has 0 bridgehead atoms. The Labute approximate surface area is 173 Å². The molecule has 1 heterocycles. The van der Waals surface area contributed by atoms with Gasteiger partial charge in [-0.3, -0.25) is 4.79 Å². The van der Waals surface area contributed by atoms with Crippen molar-refractivity contribution in [2.75, 3.05) is 6.61 Å². The van der Waals surface area contributed by atoms with Crippen LogP contribution in [-0.4, -0.2) is 23.3 Å². The van der Waals surface area contributed by atoms with E-state index in [1.54, 1.807) is 0 Å². The molecule has 4 heteroatoms. The molecular formula is C25H31NO3. The van der Waals surface area contributed by atoms with Crippen LogP contribution in [0.2, 0.25) is 0 Å². The van der Waals surface area contributed by atoms with Gasteiger partial charge in [0.05, 0.1) is 6.61 Å². The van der Waals surface area contributed by atoms with Crippen LogP contribution in [0.15, 0.2) is 24.3 Å². The lowest BCUT2D eigenvalue weighted by Gasteiger charge is -2.22. The molecule has 29 heavy (non-hydrogen) atoms. The fourth-order valence-electron chi connectivity index (χ4n) is 4.92.